The molecule has 2 fully saturated rings. The van der Waals surface area contributed by atoms with Crippen LogP contribution < -0.4 is 4.72 Å². The molecule has 2 aromatic carbocycles. The third kappa shape index (κ3) is 4.24. The third-order valence-corrected chi connectivity index (χ3v) is 8.84. The zero-order valence-electron chi connectivity index (χ0n) is 19.8. The predicted molar refractivity (Wildman–Crippen MR) is 134 cm³/mol. The van der Waals surface area contributed by atoms with E-state index in [0.29, 0.717) is 5.69 Å². The Bertz CT molecular complexity index is 1270. The average molecular weight is 484 g/mol. The molecule has 5 rings (SSSR count). The second kappa shape index (κ2) is 9.00. The van der Waals surface area contributed by atoms with Crippen molar-refractivity contribution in [2.75, 3.05) is 37.3 Å². The number of aliphatic hydroxyl groups is 1. The summed E-state index contributed by atoms with van der Waals surface area (Å²) in [5, 5.41) is 13.2. The minimum atomic E-state index is -3.50. The molecule has 182 valence electrons. The van der Waals surface area contributed by atoms with Crippen LogP contribution in [0.3, 0.4) is 0 Å². The van der Waals surface area contributed by atoms with Gasteiger partial charge in [0.15, 0.2) is 0 Å². The molecule has 1 saturated carbocycles. The Hall–Kier alpha value is -2.39. The number of benzene rings is 2. The van der Waals surface area contributed by atoms with Crippen molar-refractivity contribution in [3.63, 3.8) is 0 Å². The van der Waals surface area contributed by atoms with Gasteiger partial charge < -0.3 is 14.4 Å². The zero-order chi connectivity index (χ0) is 23.9. The number of anilines is 1. The Morgan fingerprint density at radius 3 is 2.59 bits per heavy atom. The van der Waals surface area contributed by atoms with E-state index in [4.69, 9.17) is 4.74 Å². The first-order valence-corrected chi connectivity index (χ1v) is 13.5. The largest absolute Gasteiger partial charge is 0.384 e. The number of ether oxygens (including phenoxy) is 1. The Morgan fingerprint density at radius 2 is 1.85 bits per heavy atom. The van der Waals surface area contributed by atoms with E-state index in [2.05, 4.69) is 51.7 Å². The normalized spacial score (nSPS) is 25.1. The second-order valence-corrected chi connectivity index (χ2v) is 11.6. The van der Waals surface area contributed by atoms with Crippen LogP contribution in [0.2, 0.25) is 0 Å². The number of rotatable bonds is 8. The molecule has 2 heterocycles. The van der Waals surface area contributed by atoms with Gasteiger partial charge in [0.05, 0.1) is 18.0 Å². The molecule has 2 unspecified atom stereocenters. The van der Waals surface area contributed by atoms with E-state index < -0.39 is 15.6 Å². The van der Waals surface area contributed by atoms with E-state index in [-0.39, 0.29) is 24.2 Å². The number of aromatic nitrogens is 1. The number of piperidine rings is 1. The molecule has 7 nitrogen and oxygen atoms in total. The van der Waals surface area contributed by atoms with E-state index in [0.717, 1.165) is 38.0 Å². The number of para-hydroxylation sites is 1. The minimum Gasteiger partial charge on any atom is -0.384 e. The van der Waals surface area contributed by atoms with Gasteiger partial charge in [-0.3, -0.25) is 9.62 Å². The minimum absolute atomic E-state index is 0.105. The van der Waals surface area contributed by atoms with Crippen LogP contribution in [0.15, 0.2) is 54.7 Å². The van der Waals surface area contributed by atoms with Crippen molar-refractivity contribution in [1.29, 1.82) is 0 Å². The molecule has 1 saturated heterocycles. The molecule has 2 atom stereocenters. The maximum absolute atomic E-state index is 12.3. The quantitative estimate of drug-likeness (QED) is 0.514. The molecular weight excluding hydrogens is 450 g/mol. The lowest BCUT2D eigenvalue weighted by Crippen LogP contribution is -2.51. The molecule has 8 heteroatoms. The maximum Gasteiger partial charge on any atom is 0.234 e. The van der Waals surface area contributed by atoms with Crippen molar-refractivity contribution in [2.45, 2.75) is 25.0 Å². The maximum atomic E-state index is 12.3. The van der Waals surface area contributed by atoms with E-state index in [1.54, 1.807) is 12.1 Å². The van der Waals surface area contributed by atoms with Crippen LogP contribution in [0, 0.1) is 11.8 Å². The highest BCUT2D eigenvalue weighted by Gasteiger charge is 2.53. The molecule has 2 aliphatic rings. The smallest absolute Gasteiger partial charge is 0.234 e. The molecule has 2 N–H and O–H groups in total. The number of nitrogens with one attached hydrogen (secondary N) is 1. The molecular formula is C26H33N3O4S. The van der Waals surface area contributed by atoms with Gasteiger partial charge in [0.1, 0.15) is 0 Å². The van der Waals surface area contributed by atoms with Crippen molar-refractivity contribution in [2.24, 2.45) is 18.9 Å². The molecule has 1 aliphatic carbocycles. The summed E-state index contributed by atoms with van der Waals surface area (Å²) in [5.41, 5.74) is 2.90. The monoisotopic (exact) mass is 483 g/mol. The van der Waals surface area contributed by atoms with E-state index in [1.807, 2.05) is 12.1 Å². The lowest BCUT2D eigenvalue weighted by molar-refractivity contribution is -0.0913. The third-order valence-electron chi connectivity index (χ3n) is 7.59. The Balaban J connectivity index is 1.34. The molecule has 1 aromatic heterocycles. The first-order valence-electron chi connectivity index (χ1n) is 11.9. The number of methoxy groups -OCH3 is 1. The van der Waals surface area contributed by atoms with Crippen LogP contribution in [0.5, 0.6) is 0 Å². The van der Waals surface area contributed by atoms with Gasteiger partial charge in [0.25, 0.3) is 0 Å². The summed E-state index contributed by atoms with van der Waals surface area (Å²) >= 11 is 0. The first kappa shape index (κ1) is 23.4. The fourth-order valence-corrected chi connectivity index (χ4v) is 6.96. The average Bonchev–Trinajstić information content (AvgIpc) is 3.19. The summed E-state index contributed by atoms with van der Waals surface area (Å²) in [4.78, 5) is 2.47. The summed E-state index contributed by atoms with van der Waals surface area (Å²) in [7, 11) is 0.0628. The summed E-state index contributed by atoms with van der Waals surface area (Å²) in [6.45, 7) is 2.64. The number of nitrogens with zero attached hydrogens (tertiary/aromatic N) is 2. The van der Waals surface area contributed by atoms with Crippen molar-refractivity contribution >= 4 is 26.6 Å². The highest BCUT2D eigenvalue weighted by atomic mass is 32.2. The fraction of sp³-hybridized carbons (Fsp3) is 0.462. The molecule has 0 spiro atoms. The van der Waals surface area contributed by atoms with Crippen LogP contribution in [-0.2, 0) is 34.0 Å². The van der Waals surface area contributed by atoms with Crippen LogP contribution in [-0.4, -0.2) is 55.6 Å². The predicted octanol–water partition coefficient (Wildman–Crippen LogP) is 3.30. The lowest BCUT2D eigenvalue weighted by Gasteiger charge is -2.45. The molecule has 2 bridgehead atoms. The standard InChI is InChI=1S/C26H33N3O4S/c1-28-15-19(24-8-3-4-9-25(24)28)16-29-17-21-10-11-22(18-29)26(21,30)20-6-5-7-23(14-20)27-34(31,32)13-12-33-2/h3-9,14-15,21-22,27,30H,10-13,16-18H2,1-2H3. The first-order chi connectivity index (χ1) is 16.3. The van der Waals surface area contributed by atoms with Crippen molar-refractivity contribution < 1.29 is 18.3 Å². The van der Waals surface area contributed by atoms with Gasteiger partial charge in [-0.2, -0.15) is 0 Å². The van der Waals surface area contributed by atoms with Crippen LogP contribution in [0.1, 0.15) is 24.0 Å². The number of hydrogen-bond donors (Lipinski definition) is 2. The Kier molecular flexibility index (Phi) is 6.18. The fourth-order valence-electron chi connectivity index (χ4n) is 5.98. The number of fused-ring (bicyclic) bond motifs is 3. The van der Waals surface area contributed by atoms with Gasteiger partial charge in [-0.25, -0.2) is 8.42 Å². The van der Waals surface area contributed by atoms with Crippen molar-refractivity contribution in [3.8, 4) is 0 Å². The second-order valence-electron chi connectivity index (χ2n) is 9.77. The van der Waals surface area contributed by atoms with Crippen LogP contribution in [0.25, 0.3) is 10.9 Å². The van der Waals surface area contributed by atoms with Gasteiger partial charge in [-0.15, -0.1) is 0 Å². The summed E-state index contributed by atoms with van der Waals surface area (Å²) in [6, 6.07) is 15.8. The highest BCUT2D eigenvalue weighted by Crippen LogP contribution is 2.51. The highest BCUT2D eigenvalue weighted by molar-refractivity contribution is 7.92. The van der Waals surface area contributed by atoms with Crippen LogP contribution in [0.4, 0.5) is 5.69 Å². The molecule has 1 aliphatic heterocycles. The van der Waals surface area contributed by atoms with Crippen molar-refractivity contribution in [3.05, 3.63) is 65.9 Å². The molecule has 0 amide bonds. The molecule has 0 radical (unpaired) electrons. The molecule has 34 heavy (non-hydrogen) atoms. The van der Waals surface area contributed by atoms with Gasteiger partial charge in [0, 0.05) is 68.4 Å². The summed E-state index contributed by atoms with van der Waals surface area (Å²) in [6.07, 6.45) is 4.15. The van der Waals surface area contributed by atoms with E-state index in [9.17, 15) is 13.5 Å². The number of sulfonamides is 1. The topological polar surface area (TPSA) is 83.8 Å². The summed E-state index contributed by atoms with van der Waals surface area (Å²) in [5.74, 6) is 0.120. The van der Waals surface area contributed by atoms with E-state index >= 15 is 0 Å². The van der Waals surface area contributed by atoms with Crippen molar-refractivity contribution in [1.82, 2.24) is 9.47 Å². The van der Waals surface area contributed by atoms with Gasteiger partial charge >= 0.3 is 0 Å². The Labute approximate surface area is 201 Å². The lowest BCUT2D eigenvalue weighted by atomic mass is 9.75. The summed E-state index contributed by atoms with van der Waals surface area (Å²) < 4.78 is 34.3. The van der Waals surface area contributed by atoms with Gasteiger partial charge in [-0.05, 0) is 42.2 Å². The zero-order valence-corrected chi connectivity index (χ0v) is 20.6. The van der Waals surface area contributed by atoms with Crippen LogP contribution >= 0.6 is 0 Å². The van der Waals surface area contributed by atoms with Gasteiger partial charge in [0.2, 0.25) is 10.0 Å². The molecule has 3 aromatic rings. The number of likely N-dealkylation sites (tertiary alicyclic amines) is 1. The number of aryl methyl sites for hydroxylation is 1. The Morgan fingerprint density at radius 1 is 1.12 bits per heavy atom. The van der Waals surface area contributed by atoms with Gasteiger partial charge in [-0.1, -0.05) is 30.3 Å². The number of hydrogen-bond acceptors (Lipinski definition) is 5. The van der Waals surface area contributed by atoms with E-state index in [1.165, 1.54) is 23.6 Å². The SMILES string of the molecule is COCCS(=O)(=O)Nc1cccc(C2(O)C3CCC2CN(Cc2cn(C)c4ccccc24)C3)c1.